The molecule has 4 nitrogen and oxygen atoms in total. The van der Waals surface area contributed by atoms with Gasteiger partial charge in [-0.25, -0.2) is 0 Å². The Balaban J connectivity index is 2.35. The minimum atomic E-state index is -2.85. The number of hydrogen-bond donors (Lipinski definition) is 1. The molecule has 0 aromatic carbocycles. The van der Waals surface area contributed by atoms with Gasteiger partial charge in [0.2, 0.25) is 0 Å². The van der Waals surface area contributed by atoms with Gasteiger partial charge in [-0.15, -0.1) is 0 Å². The number of aliphatic imine (C=N–C) groups is 1. The normalized spacial score (nSPS) is 20.1. The van der Waals surface area contributed by atoms with Crippen LogP contribution in [-0.4, -0.2) is 24.7 Å². The quantitative estimate of drug-likeness (QED) is 0.193. The Morgan fingerprint density at radius 2 is 2.10 bits per heavy atom. The van der Waals surface area contributed by atoms with Gasteiger partial charge in [0, 0.05) is 16.2 Å². The van der Waals surface area contributed by atoms with E-state index in [4.69, 9.17) is 4.52 Å². The Kier molecular flexibility index (Phi) is 10.1. The zero-order valence-electron chi connectivity index (χ0n) is 12.5. The van der Waals surface area contributed by atoms with Crippen molar-refractivity contribution in [3.05, 3.63) is 0 Å². The maximum absolute atomic E-state index is 12.5. The largest absolute Gasteiger partial charge is 0.362 e. The highest BCUT2D eigenvalue weighted by Crippen LogP contribution is 2.61. The van der Waals surface area contributed by atoms with Crippen molar-refractivity contribution in [1.29, 1.82) is 0 Å². The Hall–Kier alpha value is 0.360. The van der Waals surface area contributed by atoms with Gasteiger partial charge in [0.1, 0.15) is 0 Å². The van der Waals surface area contributed by atoms with E-state index in [0.29, 0.717) is 12.6 Å². The van der Waals surface area contributed by atoms with E-state index in [9.17, 15) is 4.57 Å². The minimum absolute atomic E-state index is 0.393. The first-order valence-electron chi connectivity index (χ1n) is 7.55. The summed E-state index contributed by atoms with van der Waals surface area (Å²) in [6.07, 6.45) is 10.0. The van der Waals surface area contributed by atoms with Crippen LogP contribution in [0.3, 0.4) is 0 Å². The molecule has 1 rings (SSSR count). The molecule has 0 radical (unpaired) electrons. The Bertz CT molecular complexity index is 323. The monoisotopic (exact) mass is 338 g/mol. The van der Waals surface area contributed by atoms with Crippen molar-refractivity contribution in [2.75, 3.05) is 12.4 Å². The van der Waals surface area contributed by atoms with Gasteiger partial charge in [-0.05, 0) is 26.2 Å². The van der Waals surface area contributed by atoms with Crippen LogP contribution in [0.2, 0.25) is 0 Å². The fourth-order valence-corrected chi connectivity index (χ4v) is 7.73. The van der Waals surface area contributed by atoms with Gasteiger partial charge in [0.05, 0.1) is 19.0 Å². The van der Waals surface area contributed by atoms with Crippen molar-refractivity contribution in [3.8, 4) is 0 Å². The average Bonchev–Trinajstić information content (AvgIpc) is 2.45. The highest BCUT2D eigenvalue weighted by molar-refractivity contribution is 8.99. The molecular formula is C13H27N2O2PS2. The van der Waals surface area contributed by atoms with E-state index < -0.39 is 6.72 Å². The smallest absolute Gasteiger partial charge is 0.306 e. The highest BCUT2D eigenvalue weighted by Gasteiger charge is 2.23. The standard InChI is InChI=1S/C13H27N2O2PS2/c1-3-5-11-19-20-18(16,17-4-2)15-12-14-13-9-7-6-8-10-13/h12-13H,3-11H2,1-2H3,(H,14,15,16). The van der Waals surface area contributed by atoms with Crippen molar-refractivity contribution >= 4 is 34.3 Å². The van der Waals surface area contributed by atoms with Crippen LogP contribution < -0.4 is 5.09 Å². The van der Waals surface area contributed by atoms with E-state index in [1.54, 1.807) is 17.1 Å². The first kappa shape index (κ1) is 18.4. The number of nitrogens with one attached hydrogen (secondary N) is 1. The van der Waals surface area contributed by atoms with Crippen LogP contribution >= 0.6 is 27.9 Å². The molecule has 1 aliphatic rings. The third kappa shape index (κ3) is 7.96. The van der Waals surface area contributed by atoms with Crippen molar-refractivity contribution in [3.63, 3.8) is 0 Å². The molecule has 1 saturated carbocycles. The molecule has 0 saturated heterocycles. The van der Waals surface area contributed by atoms with Crippen LogP contribution in [0.4, 0.5) is 0 Å². The molecule has 0 amide bonds. The molecule has 0 aliphatic heterocycles. The van der Waals surface area contributed by atoms with Gasteiger partial charge in [0.25, 0.3) is 0 Å². The van der Waals surface area contributed by atoms with Crippen LogP contribution in [-0.2, 0) is 9.09 Å². The van der Waals surface area contributed by atoms with Crippen LogP contribution in [0.25, 0.3) is 0 Å². The van der Waals surface area contributed by atoms with E-state index >= 15 is 0 Å². The molecule has 7 heteroatoms. The van der Waals surface area contributed by atoms with Gasteiger partial charge in [-0.2, -0.15) is 0 Å². The molecule has 1 N–H and O–H groups in total. The SMILES string of the molecule is CCCCSSP(=O)(NC=NC1CCCCC1)OCC. The summed E-state index contributed by atoms with van der Waals surface area (Å²) in [4.78, 5) is 4.48. The second kappa shape index (κ2) is 11.0. The van der Waals surface area contributed by atoms with Gasteiger partial charge < -0.3 is 4.52 Å². The fraction of sp³-hybridized carbons (Fsp3) is 0.923. The molecule has 0 spiro atoms. The lowest BCUT2D eigenvalue weighted by molar-refractivity contribution is 0.343. The van der Waals surface area contributed by atoms with Crippen molar-refractivity contribution in [1.82, 2.24) is 5.09 Å². The molecule has 0 bridgehead atoms. The van der Waals surface area contributed by atoms with Crippen LogP contribution in [0.15, 0.2) is 4.99 Å². The van der Waals surface area contributed by atoms with Gasteiger partial charge in [0.15, 0.2) is 0 Å². The number of nitrogens with zero attached hydrogens (tertiary/aromatic N) is 1. The van der Waals surface area contributed by atoms with Crippen LogP contribution in [0.5, 0.6) is 0 Å². The predicted molar refractivity (Wildman–Crippen MR) is 92.7 cm³/mol. The zero-order valence-corrected chi connectivity index (χ0v) is 15.1. The summed E-state index contributed by atoms with van der Waals surface area (Å²) in [7, 11) is 2.94. The summed E-state index contributed by atoms with van der Waals surface area (Å²) < 4.78 is 17.9. The van der Waals surface area contributed by atoms with E-state index in [1.165, 1.54) is 29.7 Å². The molecule has 20 heavy (non-hydrogen) atoms. The number of rotatable bonds is 10. The molecule has 0 aromatic rings. The number of unbranched alkanes of at least 4 members (excludes halogenated alkanes) is 1. The Morgan fingerprint density at radius 3 is 2.75 bits per heavy atom. The summed E-state index contributed by atoms with van der Waals surface area (Å²) in [5.41, 5.74) is 0. The van der Waals surface area contributed by atoms with Crippen molar-refractivity contribution < 1.29 is 9.09 Å². The maximum Gasteiger partial charge on any atom is 0.362 e. The zero-order chi connectivity index (χ0) is 14.7. The second-order valence-corrected chi connectivity index (χ2v) is 11.1. The van der Waals surface area contributed by atoms with E-state index in [1.807, 2.05) is 6.92 Å². The molecule has 1 fully saturated rings. The van der Waals surface area contributed by atoms with Crippen LogP contribution in [0, 0.1) is 0 Å². The third-order valence-electron chi connectivity index (χ3n) is 3.11. The summed E-state index contributed by atoms with van der Waals surface area (Å²) in [5.74, 6) is 1.000. The summed E-state index contributed by atoms with van der Waals surface area (Å²) in [6.45, 7) is 1.62. The molecule has 118 valence electrons. The van der Waals surface area contributed by atoms with E-state index in [-0.39, 0.29) is 0 Å². The second-order valence-electron chi connectivity index (χ2n) is 4.86. The Labute approximate surface area is 130 Å². The topological polar surface area (TPSA) is 50.7 Å². The Morgan fingerprint density at radius 1 is 1.35 bits per heavy atom. The average molecular weight is 338 g/mol. The summed E-state index contributed by atoms with van der Waals surface area (Å²) >= 11 is 0. The van der Waals surface area contributed by atoms with Crippen molar-refractivity contribution in [2.45, 2.75) is 64.8 Å². The summed E-state index contributed by atoms with van der Waals surface area (Å²) in [6, 6.07) is 0.393. The molecule has 1 unspecified atom stereocenters. The van der Waals surface area contributed by atoms with Gasteiger partial charge in [-0.1, -0.05) is 43.4 Å². The molecule has 0 aromatic heterocycles. The summed E-state index contributed by atoms with van der Waals surface area (Å²) in [5, 5.41) is 2.91. The van der Waals surface area contributed by atoms with Crippen LogP contribution in [0.1, 0.15) is 58.8 Å². The molecule has 1 aliphatic carbocycles. The van der Waals surface area contributed by atoms with E-state index in [0.717, 1.165) is 31.4 Å². The lowest BCUT2D eigenvalue weighted by Crippen LogP contribution is -2.14. The van der Waals surface area contributed by atoms with Gasteiger partial charge >= 0.3 is 6.72 Å². The highest BCUT2D eigenvalue weighted by atomic mass is 33.3. The lowest BCUT2D eigenvalue weighted by atomic mass is 9.96. The van der Waals surface area contributed by atoms with Gasteiger partial charge in [-0.3, -0.25) is 14.6 Å². The molecule has 0 heterocycles. The predicted octanol–water partition coefficient (Wildman–Crippen LogP) is 5.26. The minimum Gasteiger partial charge on any atom is -0.306 e. The fourth-order valence-electron chi connectivity index (χ4n) is 2.00. The van der Waals surface area contributed by atoms with E-state index in [2.05, 4.69) is 17.0 Å². The lowest BCUT2D eigenvalue weighted by Gasteiger charge is -2.19. The maximum atomic E-state index is 12.5. The first-order valence-corrected chi connectivity index (χ1v) is 12.1. The third-order valence-corrected chi connectivity index (χ3v) is 9.65. The molecular weight excluding hydrogens is 311 g/mol. The van der Waals surface area contributed by atoms with Crippen molar-refractivity contribution in [2.24, 2.45) is 4.99 Å². The molecule has 1 atom stereocenters. The number of hydrogen-bond acceptors (Lipinski definition) is 5. The first-order chi connectivity index (χ1) is 9.70.